The van der Waals surface area contributed by atoms with Gasteiger partial charge in [0.1, 0.15) is 12.2 Å². The molecule has 0 aliphatic carbocycles. The third-order valence-corrected chi connectivity index (χ3v) is 1.75. The Kier molecular flexibility index (Phi) is 13.4. The quantitative estimate of drug-likeness (QED) is 0.550. The van der Waals surface area contributed by atoms with E-state index < -0.39 is 5.97 Å². The molecule has 0 rings (SSSR count). The predicted octanol–water partition coefficient (Wildman–Crippen LogP) is 2.18. The Balaban J connectivity index is 0. The Morgan fingerprint density at radius 2 is 1.71 bits per heavy atom. The smallest absolute Gasteiger partial charge is 0.310 e. The van der Waals surface area contributed by atoms with Gasteiger partial charge < -0.3 is 9.84 Å². The normalized spacial score (nSPS) is 8.88. The summed E-state index contributed by atoms with van der Waals surface area (Å²) in [6, 6.07) is 0. The summed E-state index contributed by atoms with van der Waals surface area (Å²) >= 11 is 0. The SMILES string of the molecule is CCCCC(=O)CC(=O)O.CCOC(=O)CC. The second-order valence-corrected chi connectivity index (χ2v) is 3.37. The largest absolute Gasteiger partial charge is 0.481 e. The first-order valence-corrected chi connectivity index (χ1v) is 5.86. The van der Waals surface area contributed by atoms with Gasteiger partial charge in [0.2, 0.25) is 0 Å². The van der Waals surface area contributed by atoms with Crippen LogP contribution in [0, 0.1) is 0 Å². The summed E-state index contributed by atoms with van der Waals surface area (Å²) in [5.41, 5.74) is 0. The van der Waals surface area contributed by atoms with E-state index in [9.17, 15) is 14.4 Å². The van der Waals surface area contributed by atoms with Crippen LogP contribution in [0.5, 0.6) is 0 Å². The number of hydrogen-bond acceptors (Lipinski definition) is 4. The van der Waals surface area contributed by atoms with Crippen molar-refractivity contribution in [1.29, 1.82) is 0 Å². The molecule has 5 heteroatoms. The molecule has 1 N–H and O–H groups in total. The number of carbonyl (C=O) groups is 3. The third kappa shape index (κ3) is 17.2. The van der Waals surface area contributed by atoms with Crippen molar-refractivity contribution in [1.82, 2.24) is 0 Å². The molecular formula is C12H22O5. The Labute approximate surface area is 102 Å². The van der Waals surface area contributed by atoms with Crippen LogP contribution in [0.2, 0.25) is 0 Å². The number of unbranched alkanes of at least 4 members (excludes halogenated alkanes) is 1. The highest BCUT2D eigenvalue weighted by atomic mass is 16.5. The lowest BCUT2D eigenvalue weighted by molar-refractivity contribution is -0.143. The molecule has 0 aromatic rings. The van der Waals surface area contributed by atoms with Gasteiger partial charge in [0.25, 0.3) is 0 Å². The number of Topliss-reactive ketones (excluding diaryl/α,β-unsaturated/α-hetero) is 1. The highest BCUT2D eigenvalue weighted by Gasteiger charge is 2.05. The minimum Gasteiger partial charge on any atom is -0.481 e. The summed E-state index contributed by atoms with van der Waals surface area (Å²) in [7, 11) is 0. The predicted molar refractivity (Wildman–Crippen MR) is 63.7 cm³/mol. The standard InChI is InChI=1S/C7H12O3.C5H10O2/c1-2-3-4-6(8)5-7(9)10;1-3-5(6)7-4-2/h2-5H2,1H3,(H,9,10);3-4H2,1-2H3. The van der Waals surface area contributed by atoms with Crippen molar-refractivity contribution in [3.8, 4) is 0 Å². The molecule has 0 heterocycles. The van der Waals surface area contributed by atoms with Crippen molar-refractivity contribution in [3.63, 3.8) is 0 Å². The second-order valence-electron chi connectivity index (χ2n) is 3.37. The average Bonchev–Trinajstić information content (AvgIpc) is 2.26. The second kappa shape index (κ2) is 12.7. The number of carbonyl (C=O) groups excluding carboxylic acids is 2. The molecule has 17 heavy (non-hydrogen) atoms. The van der Waals surface area contributed by atoms with Gasteiger partial charge in [-0.05, 0) is 13.3 Å². The van der Waals surface area contributed by atoms with E-state index in [1.165, 1.54) is 0 Å². The van der Waals surface area contributed by atoms with Gasteiger partial charge >= 0.3 is 11.9 Å². The fraction of sp³-hybridized carbons (Fsp3) is 0.750. The number of hydrogen-bond donors (Lipinski definition) is 1. The molecule has 100 valence electrons. The molecule has 5 nitrogen and oxygen atoms in total. The van der Waals surface area contributed by atoms with E-state index in [1.54, 1.807) is 13.8 Å². The number of carboxylic acid groups (broad SMARTS) is 1. The van der Waals surface area contributed by atoms with Crippen molar-refractivity contribution >= 4 is 17.7 Å². The monoisotopic (exact) mass is 246 g/mol. The van der Waals surface area contributed by atoms with Crippen molar-refractivity contribution in [2.75, 3.05) is 6.61 Å². The first-order chi connectivity index (χ1) is 7.97. The van der Waals surface area contributed by atoms with E-state index in [0.717, 1.165) is 12.8 Å². The number of ketones is 1. The summed E-state index contributed by atoms with van der Waals surface area (Å²) in [6.07, 6.45) is 2.30. The molecule has 0 unspecified atom stereocenters. The number of ether oxygens (including phenoxy) is 1. The van der Waals surface area contributed by atoms with Crippen LogP contribution in [0.4, 0.5) is 0 Å². The van der Waals surface area contributed by atoms with Gasteiger partial charge in [-0.1, -0.05) is 20.3 Å². The molecule has 0 atom stereocenters. The Morgan fingerprint density at radius 3 is 2.00 bits per heavy atom. The molecule has 0 spiro atoms. The lowest BCUT2D eigenvalue weighted by atomic mass is 10.1. The zero-order valence-electron chi connectivity index (χ0n) is 10.8. The van der Waals surface area contributed by atoms with Crippen LogP contribution in [0.3, 0.4) is 0 Å². The molecular weight excluding hydrogens is 224 g/mol. The number of aliphatic carboxylic acids is 1. The lowest BCUT2D eigenvalue weighted by Gasteiger charge is -1.93. The van der Waals surface area contributed by atoms with Crippen LogP contribution in [-0.4, -0.2) is 29.4 Å². The molecule has 0 aromatic heterocycles. The van der Waals surface area contributed by atoms with E-state index in [4.69, 9.17) is 5.11 Å². The summed E-state index contributed by atoms with van der Waals surface area (Å²) in [5.74, 6) is -1.32. The van der Waals surface area contributed by atoms with Gasteiger partial charge in [-0.25, -0.2) is 0 Å². The lowest BCUT2D eigenvalue weighted by Crippen LogP contribution is -2.05. The van der Waals surface area contributed by atoms with Gasteiger partial charge in [-0.15, -0.1) is 0 Å². The van der Waals surface area contributed by atoms with Gasteiger partial charge in [0.05, 0.1) is 6.61 Å². The van der Waals surface area contributed by atoms with E-state index in [-0.39, 0.29) is 18.2 Å². The number of carboxylic acids is 1. The van der Waals surface area contributed by atoms with Gasteiger partial charge in [-0.3, -0.25) is 14.4 Å². The van der Waals surface area contributed by atoms with Gasteiger partial charge in [0.15, 0.2) is 0 Å². The molecule has 0 bridgehead atoms. The van der Waals surface area contributed by atoms with Crippen molar-refractivity contribution in [2.45, 2.75) is 52.9 Å². The van der Waals surface area contributed by atoms with Crippen LogP contribution in [-0.2, 0) is 19.1 Å². The molecule has 0 aliphatic heterocycles. The minimum atomic E-state index is -1.03. The number of rotatable bonds is 7. The topological polar surface area (TPSA) is 80.7 Å². The first kappa shape index (κ1) is 18.0. The summed E-state index contributed by atoms with van der Waals surface area (Å²) < 4.78 is 4.55. The maximum Gasteiger partial charge on any atom is 0.310 e. The molecule has 0 aliphatic rings. The van der Waals surface area contributed by atoms with Crippen LogP contribution in [0.1, 0.15) is 52.9 Å². The third-order valence-electron chi connectivity index (χ3n) is 1.75. The van der Waals surface area contributed by atoms with Crippen LogP contribution in [0.15, 0.2) is 0 Å². The van der Waals surface area contributed by atoms with E-state index in [1.807, 2.05) is 6.92 Å². The van der Waals surface area contributed by atoms with Crippen LogP contribution in [0.25, 0.3) is 0 Å². The zero-order valence-corrected chi connectivity index (χ0v) is 10.8. The summed E-state index contributed by atoms with van der Waals surface area (Å²) in [6.45, 7) is 6.03. The van der Waals surface area contributed by atoms with Crippen molar-refractivity contribution in [3.05, 3.63) is 0 Å². The van der Waals surface area contributed by atoms with Crippen LogP contribution >= 0.6 is 0 Å². The van der Waals surface area contributed by atoms with Gasteiger partial charge in [0, 0.05) is 12.8 Å². The molecule has 0 radical (unpaired) electrons. The Bertz CT molecular complexity index is 235. The number of esters is 1. The Morgan fingerprint density at radius 1 is 1.12 bits per heavy atom. The van der Waals surface area contributed by atoms with Crippen molar-refractivity contribution in [2.24, 2.45) is 0 Å². The molecule has 0 saturated carbocycles. The minimum absolute atomic E-state index is 0.123. The maximum absolute atomic E-state index is 10.6. The van der Waals surface area contributed by atoms with E-state index in [2.05, 4.69) is 4.74 Å². The summed E-state index contributed by atoms with van der Waals surface area (Å²) in [4.78, 5) is 30.8. The fourth-order valence-corrected chi connectivity index (χ4v) is 0.894. The first-order valence-electron chi connectivity index (χ1n) is 5.86. The maximum atomic E-state index is 10.6. The van der Waals surface area contributed by atoms with E-state index in [0.29, 0.717) is 19.4 Å². The van der Waals surface area contributed by atoms with Crippen molar-refractivity contribution < 1.29 is 24.2 Å². The molecule has 0 amide bonds. The highest BCUT2D eigenvalue weighted by molar-refractivity contribution is 5.94. The molecule has 0 fully saturated rings. The summed E-state index contributed by atoms with van der Waals surface area (Å²) in [5, 5.41) is 8.16. The van der Waals surface area contributed by atoms with Crippen LogP contribution < -0.4 is 0 Å². The Hall–Kier alpha value is -1.39. The van der Waals surface area contributed by atoms with E-state index >= 15 is 0 Å². The fourth-order valence-electron chi connectivity index (χ4n) is 0.894. The highest BCUT2D eigenvalue weighted by Crippen LogP contribution is 1.97. The average molecular weight is 246 g/mol. The molecule has 0 saturated heterocycles. The van der Waals surface area contributed by atoms with Gasteiger partial charge in [-0.2, -0.15) is 0 Å². The zero-order chi connectivity index (χ0) is 13.7. The molecule has 0 aromatic carbocycles.